The molecule has 0 unspecified atom stereocenters. The summed E-state index contributed by atoms with van der Waals surface area (Å²) in [6.45, 7) is 6.04. The number of aryl methyl sites for hydroxylation is 1. The molecule has 1 heterocycles. The minimum atomic E-state index is 0.296. The zero-order valence-corrected chi connectivity index (χ0v) is 10.5. The van der Waals surface area contributed by atoms with Gasteiger partial charge >= 0.3 is 0 Å². The summed E-state index contributed by atoms with van der Waals surface area (Å²) in [6, 6.07) is 1.84. The third-order valence-corrected chi connectivity index (χ3v) is 3.14. The standard InChI is InChI=1S/C12H20N4O/c1-3-17-11-6-10(15-9(2)16-11)14-8-12(7-13)4-5-12/h6H,3-5,7-8,13H2,1-2H3,(H,14,15,16). The third-order valence-electron chi connectivity index (χ3n) is 3.14. The van der Waals surface area contributed by atoms with E-state index in [1.54, 1.807) is 0 Å². The lowest BCUT2D eigenvalue weighted by Crippen LogP contribution is -2.24. The van der Waals surface area contributed by atoms with Gasteiger partial charge in [-0.05, 0) is 38.6 Å². The second-order valence-corrected chi connectivity index (χ2v) is 4.63. The molecule has 2 rings (SSSR count). The summed E-state index contributed by atoms with van der Waals surface area (Å²) in [5.41, 5.74) is 6.04. The molecule has 0 spiro atoms. The van der Waals surface area contributed by atoms with Crippen LogP contribution in [0.1, 0.15) is 25.6 Å². The molecule has 1 aliphatic rings. The highest BCUT2D eigenvalue weighted by Crippen LogP contribution is 2.44. The maximum absolute atomic E-state index is 5.74. The number of rotatable bonds is 6. The number of nitrogens with two attached hydrogens (primary N) is 1. The molecular weight excluding hydrogens is 216 g/mol. The highest BCUT2D eigenvalue weighted by atomic mass is 16.5. The Hall–Kier alpha value is -1.36. The van der Waals surface area contributed by atoms with Gasteiger partial charge in [-0.25, -0.2) is 4.98 Å². The van der Waals surface area contributed by atoms with E-state index in [-0.39, 0.29) is 0 Å². The van der Waals surface area contributed by atoms with Gasteiger partial charge in [0, 0.05) is 12.6 Å². The van der Waals surface area contributed by atoms with Crippen molar-refractivity contribution in [1.82, 2.24) is 9.97 Å². The average molecular weight is 236 g/mol. The summed E-state index contributed by atoms with van der Waals surface area (Å²) in [5, 5.41) is 3.33. The maximum atomic E-state index is 5.74. The van der Waals surface area contributed by atoms with Crippen LogP contribution in [0.4, 0.5) is 5.82 Å². The minimum absolute atomic E-state index is 0.296. The monoisotopic (exact) mass is 236 g/mol. The second kappa shape index (κ2) is 4.87. The van der Waals surface area contributed by atoms with E-state index >= 15 is 0 Å². The molecule has 17 heavy (non-hydrogen) atoms. The number of aromatic nitrogens is 2. The summed E-state index contributed by atoms with van der Waals surface area (Å²) in [4.78, 5) is 8.54. The first-order valence-electron chi connectivity index (χ1n) is 6.10. The van der Waals surface area contributed by atoms with Crippen LogP contribution in [0.3, 0.4) is 0 Å². The minimum Gasteiger partial charge on any atom is -0.478 e. The normalized spacial score (nSPS) is 16.6. The van der Waals surface area contributed by atoms with E-state index in [1.165, 1.54) is 12.8 Å². The Morgan fingerprint density at radius 2 is 2.24 bits per heavy atom. The van der Waals surface area contributed by atoms with E-state index in [4.69, 9.17) is 10.5 Å². The molecular formula is C12H20N4O. The van der Waals surface area contributed by atoms with Gasteiger partial charge in [-0.15, -0.1) is 0 Å². The molecule has 1 saturated carbocycles. The Morgan fingerprint density at radius 1 is 1.47 bits per heavy atom. The van der Waals surface area contributed by atoms with Crippen LogP contribution in [0.5, 0.6) is 5.88 Å². The molecule has 0 amide bonds. The predicted molar refractivity (Wildman–Crippen MR) is 67.1 cm³/mol. The van der Waals surface area contributed by atoms with Crippen LogP contribution < -0.4 is 15.8 Å². The van der Waals surface area contributed by atoms with Gasteiger partial charge in [-0.3, -0.25) is 0 Å². The quantitative estimate of drug-likeness (QED) is 0.779. The smallest absolute Gasteiger partial charge is 0.218 e. The van der Waals surface area contributed by atoms with E-state index in [1.807, 2.05) is 19.9 Å². The number of ether oxygens (including phenoxy) is 1. The van der Waals surface area contributed by atoms with Gasteiger partial charge in [0.15, 0.2) is 0 Å². The van der Waals surface area contributed by atoms with Crippen LogP contribution in [0, 0.1) is 12.3 Å². The molecule has 0 aliphatic heterocycles. The topological polar surface area (TPSA) is 73.1 Å². The van der Waals surface area contributed by atoms with E-state index in [9.17, 15) is 0 Å². The lowest BCUT2D eigenvalue weighted by molar-refractivity contribution is 0.325. The average Bonchev–Trinajstić information content (AvgIpc) is 3.07. The lowest BCUT2D eigenvalue weighted by atomic mass is 10.1. The molecule has 1 fully saturated rings. The van der Waals surface area contributed by atoms with Crippen molar-refractivity contribution in [3.63, 3.8) is 0 Å². The molecule has 5 heteroatoms. The fourth-order valence-electron chi connectivity index (χ4n) is 1.76. The molecule has 3 N–H and O–H groups in total. The Bertz CT molecular complexity index is 390. The summed E-state index contributed by atoms with van der Waals surface area (Å²) < 4.78 is 5.39. The van der Waals surface area contributed by atoms with Crippen molar-refractivity contribution >= 4 is 5.82 Å². The Kier molecular flexibility index (Phi) is 3.47. The number of nitrogens with zero attached hydrogens (tertiary/aromatic N) is 2. The summed E-state index contributed by atoms with van der Waals surface area (Å²) >= 11 is 0. The summed E-state index contributed by atoms with van der Waals surface area (Å²) in [7, 11) is 0. The van der Waals surface area contributed by atoms with Crippen molar-refractivity contribution in [3.8, 4) is 5.88 Å². The molecule has 1 aromatic rings. The van der Waals surface area contributed by atoms with Crippen LogP contribution >= 0.6 is 0 Å². The van der Waals surface area contributed by atoms with Gasteiger partial charge < -0.3 is 15.8 Å². The van der Waals surface area contributed by atoms with E-state index < -0.39 is 0 Å². The van der Waals surface area contributed by atoms with Crippen LogP contribution in [0.2, 0.25) is 0 Å². The molecule has 0 bridgehead atoms. The SMILES string of the molecule is CCOc1cc(NCC2(CN)CC2)nc(C)n1. The third kappa shape index (κ3) is 3.06. The van der Waals surface area contributed by atoms with Gasteiger partial charge in [-0.1, -0.05) is 0 Å². The van der Waals surface area contributed by atoms with Gasteiger partial charge in [0.1, 0.15) is 11.6 Å². The molecule has 1 aromatic heterocycles. The molecule has 1 aliphatic carbocycles. The van der Waals surface area contributed by atoms with E-state index in [0.717, 1.165) is 24.7 Å². The van der Waals surface area contributed by atoms with Gasteiger partial charge in [0.25, 0.3) is 0 Å². The van der Waals surface area contributed by atoms with Crippen LogP contribution in [-0.4, -0.2) is 29.7 Å². The van der Waals surface area contributed by atoms with Crippen molar-refractivity contribution in [3.05, 3.63) is 11.9 Å². The predicted octanol–water partition coefficient (Wildman–Crippen LogP) is 1.33. The molecule has 5 nitrogen and oxygen atoms in total. The van der Waals surface area contributed by atoms with Gasteiger partial charge in [0.2, 0.25) is 5.88 Å². The zero-order chi connectivity index (χ0) is 12.3. The Balaban J connectivity index is 2.00. The van der Waals surface area contributed by atoms with E-state index in [0.29, 0.717) is 17.9 Å². The fourth-order valence-corrected chi connectivity index (χ4v) is 1.76. The largest absolute Gasteiger partial charge is 0.478 e. The molecule has 0 aromatic carbocycles. The highest BCUT2D eigenvalue weighted by Gasteiger charge is 2.40. The van der Waals surface area contributed by atoms with Crippen LogP contribution in [0.15, 0.2) is 6.07 Å². The molecule has 0 atom stereocenters. The van der Waals surface area contributed by atoms with Crippen molar-refractivity contribution in [2.24, 2.45) is 11.1 Å². The van der Waals surface area contributed by atoms with Crippen LogP contribution in [0.25, 0.3) is 0 Å². The Morgan fingerprint density at radius 3 is 2.82 bits per heavy atom. The Labute approximate surface area is 102 Å². The highest BCUT2D eigenvalue weighted by molar-refractivity contribution is 5.39. The van der Waals surface area contributed by atoms with Crippen molar-refractivity contribution < 1.29 is 4.74 Å². The maximum Gasteiger partial charge on any atom is 0.218 e. The summed E-state index contributed by atoms with van der Waals surface area (Å²) in [5.74, 6) is 2.16. The molecule has 94 valence electrons. The first kappa shape index (κ1) is 12.1. The lowest BCUT2D eigenvalue weighted by Gasteiger charge is -2.14. The van der Waals surface area contributed by atoms with Crippen molar-refractivity contribution in [2.45, 2.75) is 26.7 Å². The number of hydrogen-bond acceptors (Lipinski definition) is 5. The first-order valence-corrected chi connectivity index (χ1v) is 6.10. The second-order valence-electron chi connectivity index (χ2n) is 4.63. The number of hydrogen-bond donors (Lipinski definition) is 2. The van der Waals surface area contributed by atoms with Crippen molar-refractivity contribution in [2.75, 3.05) is 25.0 Å². The van der Waals surface area contributed by atoms with Gasteiger partial charge in [-0.2, -0.15) is 4.98 Å². The summed E-state index contributed by atoms with van der Waals surface area (Å²) in [6.07, 6.45) is 2.41. The molecule has 0 saturated heterocycles. The van der Waals surface area contributed by atoms with E-state index in [2.05, 4.69) is 15.3 Å². The van der Waals surface area contributed by atoms with Gasteiger partial charge in [0.05, 0.1) is 6.61 Å². The molecule has 0 radical (unpaired) electrons. The van der Waals surface area contributed by atoms with Crippen molar-refractivity contribution in [1.29, 1.82) is 0 Å². The fraction of sp³-hybridized carbons (Fsp3) is 0.667. The number of nitrogens with one attached hydrogen (secondary N) is 1. The number of anilines is 1. The zero-order valence-electron chi connectivity index (χ0n) is 10.5. The first-order chi connectivity index (χ1) is 8.17. The van der Waals surface area contributed by atoms with Crippen LogP contribution in [-0.2, 0) is 0 Å².